The van der Waals surface area contributed by atoms with Crippen molar-refractivity contribution < 1.29 is 4.39 Å². The molecule has 0 aliphatic heterocycles. The lowest BCUT2D eigenvalue weighted by molar-refractivity contribution is 0.628. The van der Waals surface area contributed by atoms with E-state index in [1.165, 1.54) is 12.1 Å². The van der Waals surface area contributed by atoms with Gasteiger partial charge in [0.25, 0.3) is 0 Å². The fourth-order valence-corrected chi connectivity index (χ4v) is 3.52. The summed E-state index contributed by atoms with van der Waals surface area (Å²) < 4.78 is 16.2. The molecule has 0 saturated carbocycles. The Kier molecular flexibility index (Phi) is 3.52. The summed E-state index contributed by atoms with van der Waals surface area (Å²) in [5.41, 5.74) is 3.01. The molecule has 0 N–H and O–H groups in total. The summed E-state index contributed by atoms with van der Waals surface area (Å²) in [6, 6.07) is 20.5. The zero-order valence-electron chi connectivity index (χ0n) is 12.2. The minimum atomic E-state index is -0.221. The van der Waals surface area contributed by atoms with Crippen molar-refractivity contribution in [1.29, 1.82) is 0 Å². The maximum absolute atomic E-state index is 13.0. The highest BCUT2D eigenvalue weighted by Crippen LogP contribution is 2.10. The minimum absolute atomic E-state index is 0.221. The van der Waals surface area contributed by atoms with Crippen LogP contribution < -0.4 is 9.33 Å². The molecule has 0 amide bonds. The van der Waals surface area contributed by atoms with Gasteiger partial charge in [0.2, 0.25) is 0 Å². The van der Waals surface area contributed by atoms with E-state index in [1.807, 2.05) is 42.6 Å². The van der Waals surface area contributed by atoms with Crippen molar-refractivity contribution in [3.8, 4) is 0 Å². The van der Waals surface area contributed by atoms with Gasteiger partial charge in [0.1, 0.15) is 5.82 Å². The smallest absolute Gasteiger partial charge is 0.195 e. The highest BCUT2D eigenvalue weighted by molar-refractivity contribution is 7.07. The third kappa shape index (κ3) is 2.81. The van der Waals surface area contributed by atoms with Gasteiger partial charge in [-0.15, -0.1) is 0 Å². The lowest BCUT2D eigenvalue weighted by atomic mass is 10.2. The molecule has 2 nitrogen and oxygen atoms in total. The van der Waals surface area contributed by atoms with Crippen LogP contribution >= 0.6 is 11.3 Å². The van der Waals surface area contributed by atoms with Gasteiger partial charge in [-0.05, 0) is 48.0 Å². The Labute approximate surface area is 136 Å². The molecule has 2 heterocycles. The number of rotatable bonds is 2. The molecule has 4 aromatic rings. The first kappa shape index (κ1) is 13.9. The number of para-hydroxylation sites is 1. The van der Waals surface area contributed by atoms with E-state index in [4.69, 9.17) is 4.99 Å². The molecule has 0 spiro atoms. The molecule has 0 saturated heterocycles. The van der Waals surface area contributed by atoms with Crippen LogP contribution in [-0.4, -0.2) is 4.40 Å². The van der Waals surface area contributed by atoms with Gasteiger partial charge in [0, 0.05) is 6.20 Å². The van der Waals surface area contributed by atoms with E-state index in [1.54, 1.807) is 23.5 Å². The highest BCUT2D eigenvalue weighted by atomic mass is 32.1. The quantitative estimate of drug-likeness (QED) is 0.532. The van der Waals surface area contributed by atoms with Gasteiger partial charge in [-0.2, -0.15) is 0 Å². The van der Waals surface area contributed by atoms with Crippen LogP contribution in [0.2, 0.25) is 0 Å². The Hall–Kier alpha value is -2.72. The molecule has 0 aliphatic carbocycles. The fraction of sp³-hybridized carbons (Fsp3) is 0. The summed E-state index contributed by atoms with van der Waals surface area (Å²) in [5, 5.41) is 0. The van der Waals surface area contributed by atoms with Crippen LogP contribution in [0, 0.1) is 5.82 Å². The molecule has 2 aromatic carbocycles. The van der Waals surface area contributed by atoms with Crippen molar-refractivity contribution in [1.82, 2.24) is 4.40 Å². The lowest BCUT2D eigenvalue weighted by Gasteiger charge is -1.91. The third-order valence-electron chi connectivity index (χ3n) is 3.56. The standard InChI is InChI=1S/C19H13FN2S/c20-15-10-8-14(9-11-15)13-18-17-7-4-12-22(17)19(23-18)21-16-5-2-1-3-6-16/h1-13H/b18-13-,21-19?. The molecule has 4 heteroatoms. The first-order valence-electron chi connectivity index (χ1n) is 7.26. The second-order valence-electron chi connectivity index (χ2n) is 5.16. The zero-order chi connectivity index (χ0) is 15.6. The molecule has 112 valence electrons. The molecule has 2 aromatic heterocycles. The Morgan fingerprint density at radius 1 is 0.913 bits per heavy atom. The van der Waals surface area contributed by atoms with Crippen molar-refractivity contribution in [3.05, 3.63) is 93.6 Å². The maximum atomic E-state index is 13.0. The number of hydrogen-bond donors (Lipinski definition) is 0. The average molecular weight is 320 g/mol. The topological polar surface area (TPSA) is 16.8 Å². The van der Waals surface area contributed by atoms with Gasteiger partial charge in [-0.3, -0.25) is 4.40 Å². The second-order valence-corrected chi connectivity index (χ2v) is 6.16. The van der Waals surface area contributed by atoms with Crippen molar-refractivity contribution in [3.63, 3.8) is 0 Å². The molecule has 0 bridgehead atoms. The fourth-order valence-electron chi connectivity index (χ4n) is 2.45. The van der Waals surface area contributed by atoms with Crippen LogP contribution in [0.3, 0.4) is 0 Å². The van der Waals surface area contributed by atoms with E-state index in [-0.39, 0.29) is 5.82 Å². The molecule has 0 fully saturated rings. The average Bonchev–Trinajstić information content (AvgIpc) is 3.16. The monoisotopic (exact) mass is 320 g/mol. The molecule has 0 radical (unpaired) electrons. The number of fused-ring (bicyclic) bond motifs is 1. The van der Waals surface area contributed by atoms with Crippen LogP contribution in [0.4, 0.5) is 10.1 Å². The molecule has 0 unspecified atom stereocenters. The van der Waals surface area contributed by atoms with Crippen LogP contribution in [0.5, 0.6) is 0 Å². The highest BCUT2D eigenvalue weighted by Gasteiger charge is 2.02. The van der Waals surface area contributed by atoms with E-state index in [0.29, 0.717) is 0 Å². The predicted molar refractivity (Wildman–Crippen MR) is 92.1 cm³/mol. The summed E-state index contributed by atoms with van der Waals surface area (Å²) in [6.45, 7) is 0. The van der Waals surface area contributed by atoms with Crippen molar-refractivity contribution in [2.24, 2.45) is 4.99 Å². The van der Waals surface area contributed by atoms with E-state index in [2.05, 4.69) is 16.5 Å². The first-order valence-corrected chi connectivity index (χ1v) is 8.08. The zero-order valence-corrected chi connectivity index (χ0v) is 13.0. The Bertz CT molecular complexity index is 1060. The van der Waals surface area contributed by atoms with Crippen LogP contribution in [0.25, 0.3) is 11.6 Å². The summed E-state index contributed by atoms with van der Waals surface area (Å²) in [5.74, 6) is -0.221. The number of hydrogen-bond acceptors (Lipinski definition) is 2. The maximum Gasteiger partial charge on any atom is 0.195 e. The Morgan fingerprint density at radius 3 is 2.48 bits per heavy atom. The van der Waals surface area contributed by atoms with Crippen LogP contribution in [0.1, 0.15) is 5.56 Å². The van der Waals surface area contributed by atoms with E-state index < -0.39 is 0 Å². The normalized spacial score (nSPS) is 13.1. The van der Waals surface area contributed by atoms with Gasteiger partial charge in [-0.25, -0.2) is 9.38 Å². The summed E-state index contributed by atoms with van der Waals surface area (Å²) in [4.78, 5) is 5.64. The lowest BCUT2D eigenvalue weighted by Crippen LogP contribution is -2.02. The number of benzene rings is 2. The number of aromatic nitrogens is 1. The minimum Gasteiger partial charge on any atom is -0.292 e. The molecular formula is C19H13FN2S. The van der Waals surface area contributed by atoms with Crippen LogP contribution in [-0.2, 0) is 0 Å². The van der Waals surface area contributed by atoms with Gasteiger partial charge >= 0.3 is 0 Å². The van der Waals surface area contributed by atoms with E-state index >= 15 is 0 Å². The van der Waals surface area contributed by atoms with E-state index in [9.17, 15) is 4.39 Å². The molecule has 4 rings (SSSR count). The molecular weight excluding hydrogens is 307 g/mol. The molecule has 0 atom stereocenters. The van der Waals surface area contributed by atoms with Crippen molar-refractivity contribution in [2.45, 2.75) is 0 Å². The summed E-state index contributed by atoms with van der Waals surface area (Å²) in [7, 11) is 0. The second kappa shape index (κ2) is 5.82. The number of halogens is 1. The summed E-state index contributed by atoms with van der Waals surface area (Å²) in [6.07, 6.45) is 4.07. The molecule has 0 aliphatic rings. The predicted octanol–water partition coefficient (Wildman–Crippen LogP) is 3.92. The Balaban J connectivity index is 1.91. The number of thiazole rings is 1. The van der Waals surface area contributed by atoms with Gasteiger partial charge in [0.15, 0.2) is 4.80 Å². The van der Waals surface area contributed by atoms with Crippen molar-refractivity contribution in [2.75, 3.05) is 0 Å². The Morgan fingerprint density at radius 2 is 1.70 bits per heavy atom. The summed E-state index contributed by atoms with van der Waals surface area (Å²) >= 11 is 1.62. The molecule has 23 heavy (non-hydrogen) atoms. The van der Waals surface area contributed by atoms with Gasteiger partial charge < -0.3 is 0 Å². The van der Waals surface area contributed by atoms with Crippen LogP contribution in [0.15, 0.2) is 77.9 Å². The van der Waals surface area contributed by atoms with Crippen molar-refractivity contribution >= 4 is 28.6 Å². The van der Waals surface area contributed by atoms with Gasteiger partial charge in [-0.1, -0.05) is 41.7 Å². The largest absolute Gasteiger partial charge is 0.292 e. The van der Waals surface area contributed by atoms with E-state index in [0.717, 1.165) is 26.1 Å². The third-order valence-corrected chi connectivity index (χ3v) is 4.57. The number of nitrogens with zero attached hydrogens (tertiary/aromatic N) is 2. The first-order chi connectivity index (χ1) is 11.3. The SMILES string of the molecule is Fc1ccc(/C=c2\sc(=Nc3ccccc3)n3cccc23)cc1. The van der Waals surface area contributed by atoms with Gasteiger partial charge in [0.05, 0.1) is 15.7 Å².